The highest BCUT2D eigenvalue weighted by atomic mass is 19.1. The van der Waals surface area contributed by atoms with Crippen molar-refractivity contribution < 1.29 is 18.7 Å². The highest BCUT2D eigenvalue weighted by Crippen LogP contribution is 2.09. The van der Waals surface area contributed by atoms with Crippen LogP contribution in [0.2, 0.25) is 0 Å². The zero-order valence-electron chi connectivity index (χ0n) is 11.7. The van der Waals surface area contributed by atoms with E-state index in [1.54, 1.807) is 12.1 Å². The lowest BCUT2D eigenvalue weighted by Crippen LogP contribution is -2.31. The Morgan fingerprint density at radius 1 is 1.09 bits per heavy atom. The van der Waals surface area contributed by atoms with Gasteiger partial charge in [-0.25, -0.2) is 9.18 Å². The van der Waals surface area contributed by atoms with Gasteiger partial charge in [-0.1, -0.05) is 24.3 Å². The Hall–Kier alpha value is -3.02. The number of amides is 1. The number of ether oxygens (including phenoxy) is 1. The van der Waals surface area contributed by atoms with Crippen molar-refractivity contribution in [3.63, 3.8) is 0 Å². The maximum Gasteiger partial charge on any atom is 0.337 e. The summed E-state index contributed by atoms with van der Waals surface area (Å²) in [7, 11) is 1.25. The standard InChI is InChI=1S/C16H13FN2O3/c1-22-16(21)11-6-4-5-10(9-11)14(18)19-15(20)12-7-2-3-8-13(12)17/h2-9H,1H3,(H2,18,19,20). The molecule has 0 fully saturated rings. The minimum absolute atomic E-state index is 0.156. The number of esters is 1. The molecule has 0 saturated heterocycles. The van der Waals surface area contributed by atoms with Crippen LogP contribution >= 0.6 is 0 Å². The van der Waals surface area contributed by atoms with E-state index in [-0.39, 0.29) is 17.0 Å². The van der Waals surface area contributed by atoms with Gasteiger partial charge in [-0.2, -0.15) is 0 Å². The number of benzene rings is 2. The molecule has 0 saturated carbocycles. The zero-order chi connectivity index (χ0) is 16.1. The second-order valence-corrected chi connectivity index (χ2v) is 4.38. The molecular formula is C16H13FN2O3. The fraction of sp³-hybridized carbons (Fsp3) is 0.0625. The molecule has 0 heterocycles. The Labute approximate surface area is 126 Å². The van der Waals surface area contributed by atoms with Gasteiger partial charge in [-0.3, -0.25) is 10.2 Å². The molecule has 0 aliphatic heterocycles. The Balaban J connectivity index is 2.18. The second-order valence-electron chi connectivity index (χ2n) is 4.38. The van der Waals surface area contributed by atoms with Crippen LogP contribution in [-0.2, 0) is 4.74 Å². The van der Waals surface area contributed by atoms with Crippen molar-refractivity contribution in [2.45, 2.75) is 0 Å². The van der Waals surface area contributed by atoms with Gasteiger partial charge < -0.3 is 10.1 Å². The summed E-state index contributed by atoms with van der Waals surface area (Å²) in [6, 6.07) is 11.5. The average Bonchev–Trinajstić information content (AvgIpc) is 2.54. The van der Waals surface area contributed by atoms with Crippen molar-refractivity contribution >= 4 is 17.7 Å². The first-order chi connectivity index (χ1) is 10.5. The van der Waals surface area contributed by atoms with Gasteiger partial charge in [0, 0.05) is 5.56 Å². The number of carbonyl (C=O) groups is 2. The van der Waals surface area contributed by atoms with E-state index in [1.807, 2.05) is 0 Å². The zero-order valence-corrected chi connectivity index (χ0v) is 11.7. The highest BCUT2D eigenvalue weighted by molar-refractivity contribution is 6.12. The minimum Gasteiger partial charge on any atom is -0.465 e. The van der Waals surface area contributed by atoms with Gasteiger partial charge in [0.05, 0.1) is 18.2 Å². The highest BCUT2D eigenvalue weighted by Gasteiger charge is 2.14. The average molecular weight is 300 g/mol. The topological polar surface area (TPSA) is 79.2 Å². The van der Waals surface area contributed by atoms with Crippen molar-refractivity contribution in [3.8, 4) is 0 Å². The van der Waals surface area contributed by atoms with E-state index < -0.39 is 17.7 Å². The second kappa shape index (κ2) is 6.62. The number of carbonyl (C=O) groups excluding carboxylic acids is 2. The summed E-state index contributed by atoms with van der Waals surface area (Å²) >= 11 is 0. The maximum atomic E-state index is 13.5. The van der Waals surface area contributed by atoms with E-state index in [4.69, 9.17) is 5.41 Å². The van der Waals surface area contributed by atoms with E-state index in [1.165, 1.54) is 37.4 Å². The van der Waals surface area contributed by atoms with Crippen LogP contribution in [0.3, 0.4) is 0 Å². The normalized spacial score (nSPS) is 9.91. The SMILES string of the molecule is COC(=O)c1cccc(C(=N)NC(=O)c2ccccc2F)c1. The fourth-order valence-electron chi connectivity index (χ4n) is 1.82. The third kappa shape index (κ3) is 3.35. The van der Waals surface area contributed by atoms with Crippen LogP contribution in [-0.4, -0.2) is 24.8 Å². The molecule has 0 aromatic heterocycles. The molecule has 5 nitrogen and oxygen atoms in total. The molecule has 2 aromatic carbocycles. The number of amidine groups is 1. The monoisotopic (exact) mass is 300 g/mol. The molecule has 0 unspecified atom stereocenters. The molecule has 6 heteroatoms. The van der Waals surface area contributed by atoms with Crippen molar-refractivity contribution in [2.24, 2.45) is 0 Å². The summed E-state index contributed by atoms with van der Waals surface area (Å²) in [5, 5.41) is 10.2. The number of rotatable bonds is 3. The molecule has 0 bridgehead atoms. The van der Waals surface area contributed by atoms with Crippen molar-refractivity contribution in [1.82, 2.24) is 5.32 Å². The number of hydrogen-bond donors (Lipinski definition) is 2. The number of hydrogen-bond acceptors (Lipinski definition) is 4. The Morgan fingerprint density at radius 3 is 2.45 bits per heavy atom. The van der Waals surface area contributed by atoms with E-state index in [0.717, 1.165) is 6.07 Å². The van der Waals surface area contributed by atoms with Crippen LogP contribution in [0.4, 0.5) is 4.39 Å². The summed E-state index contributed by atoms with van der Waals surface area (Å²) in [5.74, 6) is -2.18. The van der Waals surface area contributed by atoms with Crippen LogP contribution < -0.4 is 5.32 Å². The van der Waals surface area contributed by atoms with E-state index in [2.05, 4.69) is 10.1 Å². The van der Waals surface area contributed by atoms with Gasteiger partial charge in [-0.15, -0.1) is 0 Å². The van der Waals surface area contributed by atoms with Crippen molar-refractivity contribution in [3.05, 3.63) is 71.0 Å². The molecule has 112 valence electrons. The first-order valence-corrected chi connectivity index (χ1v) is 6.36. The minimum atomic E-state index is -0.730. The van der Waals surface area contributed by atoms with Crippen molar-refractivity contribution in [2.75, 3.05) is 7.11 Å². The Kier molecular flexibility index (Phi) is 4.63. The Morgan fingerprint density at radius 2 is 1.77 bits per heavy atom. The van der Waals surface area contributed by atoms with Gasteiger partial charge in [-0.05, 0) is 24.3 Å². The molecule has 0 aliphatic rings. The number of methoxy groups -OCH3 is 1. The predicted molar refractivity (Wildman–Crippen MR) is 78.5 cm³/mol. The number of halogens is 1. The van der Waals surface area contributed by atoms with Gasteiger partial charge >= 0.3 is 5.97 Å². The van der Waals surface area contributed by atoms with Crippen LogP contribution in [0.25, 0.3) is 0 Å². The molecule has 1 amide bonds. The van der Waals surface area contributed by atoms with Gasteiger partial charge in [0.25, 0.3) is 5.91 Å². The maximum absolute atomic E-state index is 13.5. The molecule has 22 heavy (non-hydrogen) atoms. The van der Waals surface area contributed by atoms with Gasteiger partial charge in [0.1, 0.15) is 11.7 Å². The van der Waals surface area contributed by atoms with Gasteiger partial charge in [0.15, 0.2) is 0 Å². The number of nitrogens with one attached hydrogen (secondary N) is 2. The lowest BCUT2D eigenvalue weighted by atomic mass is 10.1. The molecule has 0 atom stereocenters. The summed E-state index contributed by atoms with van der Waals surface area (Å²) in [4.78, 5) is 23.4. The van der Waals surface area contributed by atoms with Crippen LogP contribution in [0.15, 0.2) is 48.5 Å². The smallest absolute Gasteiger partial charge is 0.337 e. The fourth-order valence-corrected chi connectivity index (χ4v) is 1.82. The molecule has 0 spiro atoms. The molecule has 0 radical (unpaired) electrons. The predicted octanol–water partition coefficient (Wildman–Crippen LogP) is 2.37. The Bertz CT molecular complexity index is 744. The lowest BCUT2D eigenvalue weighted by Gasteiger charge is -2.08. The van der Waals surface area contributed by atoms with E-state index >= 15 is 0 Å². The summed E-state index contributed by atoms with van der Waals surface area (Å²) < 4.78 is 18.1. The molecule has 2 N–H and O–H groups in total. The quantitative estimate of drug-likeness (QED) is 0.519. The van der Waals surface area contributed by atoms with Gasteiger partial charge in [0.2, 0.25) is 0 Å². The van der Waals surface area contributed by atoms with Crippen LogP contribution in [0.5, 0.6) is 0 Å². The van der Waals surface area contributed by atoms with Crippen LogP contribution in [0, 0.1) is 11.2 Å². The van der Waals surface area contributed by atoms with E-state index in [0.29, 0.717) is 5.56 Å². The summed E-state index contributed by atoms with van der Waals surface area (Å²) in [6.07, 6.45) is 0. The third-order valence-electron chi connectivity index (χ3n) is 2.93. The summed E-state index contributed by atoms with van der Waals surface area (Å²) in [5.41, 5.74) is 0.411. The molecule has 0 aliphatic carbocycles. The molecule has 2 rings (SSSR count). The first-order valence-electron chi connectivity index (χ1n) is 6.36. The van der Waals surface area contributed by atoms with E-state index in [9.17, 15) is 14.0 Å². The third-order valence-corrected chi connectivity index (χ3v) is 2.93. The largest absolute Gasteiger partial charge is 0.465 e. The van der Waals surface area contributed by atoms with Crippen LogP contribution in [0.1, 0.15) is 26.3 Å². The molecule has 2 aromatic rings. The summed E-state index contributed by atoms with van der Waals surface area (Å²) in [6.45, 7) is 0. The lowest BCUT2D eigenvalue weighted by molar-refractivity contribution is 0.0600. The van der Waals surface area contributed by atoms with Crippen molar-refractivity contribution in [1.29, 1.82) is 5.41 Å². The molecular weight excluding hydrogens is 287 g/mol. The first kappa shape index (κ1) is 15.4.